The molecule has 0 aromatic rings. The van der Waals surface area contributed by atoms with Crippen LogP contribution in [-0.2, 0) is 9.53 Å². The summed E-state index contributed by atoms with van der Waals surface area (Å²) >= 11 is 0. The summed E-state index contributed by atoms with van der Waals surface area (Å²) in [6.07, 6.45) is 2.17. The van der Waals surface area contributed by atoms with E-state index in [1.165, 1.54) is 0 Å². The molecule has 2 fully saturated rings. The van der Waals surface area contributed by atoms with E-state index in [9.17, 15) is 4.79 Å². The quantitative estimate of drug-likeness (QED) is 0.703. The van der Waals surface area contributed by atoms with Crippen molar-refractivity contribution in [2.45, 2.75) is 32.2 Å². The van der Waals surface area contributed by atoms with Gasteiger partial charge in [-0.3, -0.25) is 4.79 Å². The average molecular weight is 212 g/mol. The lowest BCUT2D eigenvalue weighted by atomic mass is 9.88. The van der Waals surface area contributed by atoms with Crippen LogP contribution in [-0.4, -0.2) is 31.2 Å². The first kappa shape index (κ1) is 10.9. The average Bonchev–Trinajstić information content (AvgIpc) is 2.93. The molecule has 0 bridgehead atoms. The fourth-order valence-corrected chi connectivity index (χ4v) is 1.91. The van der Waals surface area contributed by atoms with Crippen LogP contribution in [0, 0.1) is 11.3 Å². The van der Waals surface area contributed by atoms with E-state index < -0.39 is 5.54 Å². The van der Waals surface area contributed by atoms with Crippen molar-refractivity contribution in [1.29, 1.82) is 0 Å². The smallest absolute Gasteiger partial charge is 0.240 e. The predicted octanol–water partition coefficient (Wildman–Crippen LogP) is 0.267. The zero-order chi connectivity index (χ0) is 11.1. The van der Waals surface area contributed by atoms with Crippen molar-refractivity contribution < 1.29 is 9.53 Å². The SMILES string of the molecule is CC1(CNC(=O)C(C)(N)C2CC2)COC1. The highest BCUT2D eigenvalue weighted by molar-refractivity contribution is 5.86. The molecule has 4 heteroatoms. The topological polar surface area (TPSA) is 64.4 Å². The van der Waals surface area contributed by atoms with Crippen molar-refractivity contribution in [1.82, 2.24) is 5.32 Å². The summed E-state index contributed by atoms with van der Waals surface area (Å²) in [6.45, 7) is 6.09. The van der Waals surface area contributed by atoms with Gasteiger partial charge in [-0.1, -0.05) is 6.92 Å². The Bertz CT molecular complexity index is 268. The molecule has 1 aliphatic heterocycles. The molecule has 0 spiro atoms. The fourth-order valence-electron chi connectivity index (χ4n) is 1.91. The number of carbonyl (C=O) groups excluding carboxylic acids is 1. The molecule has 1 saturated heterocycles. The predicted molar refractivity (Wildman–Crippen MR) is 57.3 cm³/mol. The molecule has 0 aromatic heterocycles. The van der Waals surface area contributed by atoms with Crippen LogP contribution in [0.25, 0.3) is 0 Å². The van der Waals surface area contributed by atoms with Crippen LogP contribution in [0.5, 0.6) is 0 Å². The van der Waals surface area contributed by atoms with Gasteiger partial charge in [0, 0.05) is 12.0 Å². The molecule has 1 amide bonds. The summed E-state index contributed by atoms with van der Waals surface area (Å²) in [5.41, 5.74) is 5.45. The molecule has 2 rings (SSSR count). The maximum Gasteiger partial charge on any atom is 0.240 e. The number of nitrogens with two attached hydrogens (primary N) is 1. The highest BCUT2D eigenvalue weighted by Crippen LogP contribution is 2.38. The third-order valence-corrected chi connectivity index (χ3v) is 3.49. The molecule has 15 heavy (non-hydrogen) atoms. The summed E-state index contributed by atoms with van der Waals surface area (Å²) in [7, 11) is 0. The van der Waals surface area contributed by atoms with Crippen molar-refractivity contribution in [3.05, 3.63) is 0 Å². The fraction of sp³-hybridized carbons (Fsp3) is 0.909. The lowest BCUT2D eigenvalue weighted by Gasteiger charge is -2.38. The highest BCUT2D eigenvalue weighted by Gasteiger charge is 2.44. The third kappa shape index (κ3) is 2.16. The van der Waals surface area contributed by atoms with Crippen molar-refractivity contribution in [3.8, 4) is 0 Å². The summed E-state index contributed by atoms with van der Waals surface area (Å²) < 4.78 is 5.13. The molecule has 1 atom stereocenters. The minimum Gasteiger partial charge on any atom is -0.380 e. The molecule has 1 saturated carbocycles. The maximum atomic E-state index is 11.9. The number of hydrogen-bond donors (Lipinski definition) is 2. The second-order valence-corrected chi connectivity index (χ2v) is 5.54. The Hall–Kier alpha value is -0.610. The summed E-state index contributed by atoms with van der Waals surface area (Å²) in [4.78, 5) is 11.9. The van der Waals surface area contributed by atoms with Gasteiger partial charge >= 0.3 is 0 Å². The van der Waals surface area contributed by atoms with Gasteiger partial charge in [0.25, 0.3) is 0 Å². The Labute approximate surface area is 90.5 Å². The van der Waals surface area contributed by atoms with Crippen LogP contribution in [0.4, 0.5) is 0 Å². The van der Waals surface area contributed by atoms with Crippen LogP contribution < -0.4 is 11.1 Å². The molecule has 4 nitrogen and oxygen atoms in total. The van der Waals surface area contributed by atoms with Crippen molar-refractivity contribution in [3.63, 3.8) is 0 Å². The molecular weight excluding hydrogens is 192 g/mol. The monoisotopic (exact) mass is 212 g/mol. The van der Waals surface area contributed by atoms with E-state index in [0.717, 1.165) is 26.1 Å². The van der Waals surface area contributed by atoms with Crippen LogP contribution in [0.3, 0.4) is 0 Å². The van der Waals surface area contributed by atoms with Crippen molar-refractivity contribution in [2.24, 2.45) is 17.1 Å². The molecular formula is C11H20N2O2. The van der Waals surface area contributed by atoms with Crippen molar-refractivity contribution >= 4 is 5.91 Å². The first-order valence-corrected chi connectivity index (χ1v) is 5.59. The van der Waals surface area contributed by atoms with E-state index in [1.807, 2.05) is 6.92 Å². The zero-order valence-electron chi connectivity index (χ0n) is 9.51. The van der Waals surface area contributed by atoms with Gasteiger partial charge in [0.15, 0.2) is 0 Å². The second-order valence-electron chi connectivity index (χ2n) is 5.54. The van der Waals surface area contributed by atoms with Crippen LogP contribution in [0.2, 0.25) is 0 Å². The minimum absolute atomic E-state index is 0.0156. The van der Waals surface area contributed by atoms with Crippen molar-refractivity contribution in [2.75, 3.05) is 19.8 Å². The molecule has 0 radical (unpaired) electrons. The van der Waals surface area contributed by atoms with Crippen LogP contribution >= 0.6 is 0 Å². The lowest BCUT2D eigenvalue weighted by molar-refractivity contribution is -0.131. The van der Waals surface area contributed by atoms with Gasteiger partial charge in [-0.25, -0.2) is 0 Å². The zero-order valence-corrected chi connectivity index (χ0v) is 9.51. The summed E-state index contributed by atoms with van der Waals surface area (Å²) in [5, 5.41) is 2.94. The van der Waals surface area contributed by atoms with Gasteiger partial charge < -0.3 is 15.8 Å². The largest absolute Gasteiger partial charge is 0.380 e. The Morgan fingerprint density at radius 3 is 2.60 bits per heavy atom. The molecule has 3 N–H and O–H groups in total. The first-order chi connectivity index (χ1) is 6.94. The normalized spacial score (nSPS) is 27.7. The van der Waals surface area contributed by atoms with Gasteiger partial charge in [-0.05, 0) is 25.7 Å². The van der Waals surface area contributed by atoms with E-state index in [2.05, 4.69) is 12.2 Å². The van der Waals surface area contributed by atoms with Crippen LogP contribution in [0.15, 0.2) is 0 Å². The number of carbonyl (C=O) groups is 1. The number of nitrogens with one attached hydrogen (secondary N) is 1. The third-order valence-electron chi connectivity index (χ3n) is 3.49. The van der Waals surface area contributed by atoms with E-state index >= 15 is 0 Å². The second kappa shape index (κ2) is 3.46. The van der Waals surface area contributed by atoms with Crippen LogP contribution in [0.1, 0.15) is 26.7 Å². The number of amides is 1. The molecule has 1 heterocycles. The standard InChI is InChI=1S/C11H20N2O2/c1-10(6-15-7-10)5-13-9(14)11(2,12)8-3-4-8/h8H,3-7,12H2,1-2H3,(H,13,14). The Morgan fingerprint density at radius 2 is 2.20 bits per heavy atom. The van der Waals surface area contributed by atoms with E-state index in [4.69, 9.17) is 10.5 Å². The van der Waals surface area contributed by atoms with Gasteiger partial charge in [0.1, 0.15) is 0 Å². The number of hydrogen-bond acceptors (Lipinski definition) is 3. The first-order valence-electron chi connectivity index (χ1n) is 5.59. The lowest BCUT2D eigenvalue weighted by Crippen LogP contribution is -2.57. The molecule has 1 unspecified atom stereocenters. The highest BCUT2D eigenvalue weighted by atomic mass is 16.5. The Balaban J connectivity index is 1.81. The Morgan fingerprint density at radius 1 is 1.60 bits per heavy atom. The Kier molecular flexibility index (Phi) is 2.51. The van der Waals surface area contributed by atoms with Gasteiger partial charge in [0.05, 0.1) is 18.8 Å². The van der Waals surface area contributed by atoms with E-state index in [-0.39, 0.29) is 11.3 Å². The van der Waals surface area contributed by atoms with E-state index in [0.29, 0.717) is 12.5 Å². The molecule has 86 valence electrons. The molecule has 0 aromatic carbocycles. The maximum absolute atomic E-state index is 11.9. The van der Waals surface area contributed by atoms with Gasteiger partial charge in [-0.15, -0.1) is 0 Å². The molecule has 1 aliphatic carbocycles. The number of rotatable bonds is 4. The molecule has 2 aliphatic rings. The summed E-state index contributed by atoms with van der Waals surface area (Å²) in [5.74, 6) is 0.362. The van der Waals surface area contributed by atoms with Gasteiger partial charge in [0.2, 0.25) is 5.91 Å². The minimum atomic E-state index is -0.680. The van der Waals surface area contributed by atoms with Gasteiger partial charge in [-0.2, -0.15) is 0 Å². The van der Waals surface area contributed by atoms with E-state index in [1.54, 1.807) is 0 Å². The number of ether oxygens (including phenoxy) is 1. The summed E-state index contributed by atoms with van der Waals surface area (Å²) in [6, 6.07) is 0.